The molecule has 2 amide bonds. The SMILES string of the molecule is COC(=O)C1=C(CS(=O)(=O)c2cc(OC)ccc2OC)NC(=O)N[C@@H]1c1ccc(O)cc1. The van der Waals surface area contributed by atoms with Crippen molar-refractivity contribution in [1.82, 2.24) is 10.6 Å². The molecule has 32 heavy (non-hydrogen) atoms. The zero-order chi connectivity index (χ0) is 23.5. The molecule has 0 aromatic heterocycles. The Labute approximate surface area is 184 Å². The van der Waals surface area contributed by atoms with Gasteiger partial charge in [-0.3, -0.25) is 0 Å². The highest BCUT2D eigenvalue weighted by Gasteiger charge is 2.36. The van der Waals surface area contributed by atoms with Gasteiger partial charge < -0.3 is 30.0 Å². The maximum Gasteiger partial charge on any atom is 0.338 e. The van der Waals surface area contributed by atoms with Crippen molar-refractivity contribution in [2.24, 2.45) is 0 Å². The van der Waals surface area contributed by atoms with Gasteiger partial charge in [-0.15, -0.1) is 0 Å². The van der Waals surface area contributed by atoms with Crippen molar-refractivity contribution in [3.63, 3.8) is 0 Å². The largest absolute Gasteiger partial charge is 0.508 e. The predicted octanol–water partition coefficient (Wildman–Crippen LogP) is 1.66. The second-order valence-electron chi connectivity index (χ2n) is 6.78. The average Bonchev–Trinajstić information content (AvgIpc) is 2.78. The van der Waals surface area contributed by atoms with Crippen LogP contribution in [-0.2, 0) is 19.4 Å². The normalized spacial score (nSPS) is 16.1. The first-order valence-corrected chi connectivity index (χ1v) is 11.0. The van der Waals surface area contributed by atoms with E-state index in [4.69, 9.17) is 14.2 Å². The summed E-state index contributed by atoms with van der Waals surface area (Å²) in [5, 5.41) is 14.5. The van der Waals surface area contributed by atoms with Gasteiger partial charge in [0.15, 0.2) is 9.84 Å². The van der Waals surface area contributed by atoms with Crippen molar-refractivity contribution >= 4 is 21.8 Å². The van der Waals surface area contributed by atoms with Gasteiger partial charge in [0.05, 0.1) is 38.7 Å². The van der Waals surface area contributed by atoms with Crippen molar-refractivity contribution in [2.75, 3.05) is 27.1 Å². The Morgan fingerprint density at radius 1 is 1.06 bits per heavy atom. The number of methoxy groups -OCH3 is 3. The molecule has 1 aliphatic heterocycles. The molecule has 1 heterocycles. The van der Waals surface area contributed by atoms with Crippen LogP contribution in [0.25, 0.3) is 0 Å². The molecule has 0 bridgehead atoms. The Kier molecular flexibility index (Phi) is 6.58. The first-order valence-electron chi connectivity index (χ1n) is 9.32. The van der Waals surface area contributed by atoms with E-state index in [1.165, 1.54) is 50.6 Å². The van der Waals surface area contributed by atoms with E-state index in [0.29, 0.717) is 11.3 Å². The number of benzene rings is 2. The van der Waals surface area contributed by atoms with Crippen LogP contribution in [0.15, 0.2) is 58.6 Å². The maximum atomic E-state index is 13.3. The van der Waals surface area contributed by atoms with Crippen LogP contribution in [0.4, 0.5) is 4.79 Å². The van der Waals surface area contributed by atoms with Gasteiger partial charge in [-0.05, 0) is 29.8 Å². The van der Waals surface area contributed by atoms with Crippen molar-refractivity contribution in [3.8, 4) is 17.2 Å². The van der Waals surface area contributed by atoms with Gasteiger partial charge in [0.25, 0.3) is 0 Å². The van der Waals surface area contributed by atoms with Crippen LogP contribution in [0.2, 0.25) is 0 Å². The Balaban J connectivity index is 2.13. The molecule has 170 valence electrons. The molecule has 1 atom stereocenters. The lowest BCUT2D eigenvalue weighted by Gasteiger charge is -2.29. The second kappa shape index (κ2) is 9.18. The lowest BCUT2D eigenvalue weighted by atomic mass is 9.95. The van der Waals surface area contributed by atoms with Crippen molar-refractivity contribution in [2.45, 2.75) is 10.9 Å². The van der Waals surface area contributed by atoms with Gasteiger partial charge in [0.1, 0.15) is 22.1 Å². The average molecular weight is 462 g/mol. The van der Waals surface area contributed by atoms with Crippen molar-refractivity contribution in [3.05, 3.63) is 59.3 Å². The Hall–Kier alpha value is -3.73. The van der Waals surface area contributed by atoms with E-state index in [9.17, 15) is 23.1 Å². The highest BCUT2D eigenvalue weighted by atomic mass is 32.2. The number of hydrogen-bond acceptors (Lipinski definition) is 8. The topological polar surface area (TPSA) is 140 Å². The Bertz CT molecular complexity index is 1170. The number of aromatic hydroxyl groups is 1. The fourth-order valence-electron chi connectivity index (χ4n) is 3.29. The summed E-state index contributed by atoms with van der Waals surface area (Å²) >= 11 is 0. The number of urea groups is 1. The molecule has 2 aromatic rings. The van der Waals surface area contributed by atoms with Crippen LogP contribution in [0.3, 0.4) is 0 Å². The van der Waals surface area contributed by atoms with Crippen molar-refractivity contribution in [1.29, 1.82) is 0 Å². The number of rotatable bonds is 7. The summed E-state index contributed by atoms with van der Waals surface area (Å²) < 4.78 is 41.7. The molecule has 0 saturated heterocycles. The summed E-state index contributed by atoms with van der Waals surface area (Å²) in [6.45, 7) is 0. The van der Waals surface area contributed by atoms with Crippen LogP contribution in [-0.4, -0.2) is 52.6 Å². The minimum absolute atomic E-state index is 0.00877. The number of carbonyl (C=O) groups is 2. The van der Waals surface area contributed by atoms with Gasteiger partial charge in [0.2, 0.25) is 0 Å². The summed E-state index contributed by atoms with van der Waals surface area (Å²) in [7, 11) is -0.228. The van der Waals surface area contributed by atoms with Gasteiger partial charge in [-0.25, -0.2) is 18.0 Å². The van der Waals surface area contributed by atoms with Gasteiger partial charge in [-0.1, -0.05) is 12.1 Å². The number of hydrogen-bond donors (Lipinski definition) is 3. The first-order chi connectivity index (χ1) is 15.2. The number of ether oxygens (including phenoxy) is 3. The minimum atomic E-state index is -4.10. The van der Waals surface area contributed by atoms with E-state index in [1.807, 2.05) is 0 Å². The highest BCUT2D eigenvalue weighted by molar-refractivity contribution is 7.91. The molecule has 0 unspecified atom stereocenters. The molecule has 3 N–H and O–H groups in total. The van der Waals surface area contributed by atoms with E-state index in [2.05, 4.69) is 10.6 Å². The van der Waals surface area contributed by atoms with Crippen LogP contribution in [0.5, 0.6) is 17.2 Å². The number of esters is 1. The van der Waals surface area contributed by atoms with E-state index < -0.39 is 33.6 Å². The molecule has 2 aromatic carbocycles. The van der Waals surface area contributed by atoms with E-state index in [0.717, 1.165) is 7.11 Å². The Morgan fingerprint density at radius 3 is 2.34 bits per heavy atom. The number of sulfone groups is 1. The number of phenols is 1. The standard InChI is InChI=1S/C21H22N2O8S/c1-29-14-8-9-16(30-2)17(10-14)32(27,28)11-15-18(20(25)31-3)19(23-21(26)22-15)12-4-6-13(24)7-5-12/h4-10,19,24H,11H2,1-3H3,(H2,22,23,26)/t19-/m1/s1. The molecule has 11 heteroatoms. The van der Waals surface area contributed by atoms with Crippen LogP contribution in [0.1, 0.15) is 11.6 Å². The zero-order valence-corrected chi connectivity index (χ0v) is 18.4. The van der Waals surface area contributed by atoms with E-state index >= 15 is 0 Å². The lowest BCUT2D eigenvalue weighted by Crippen LogP contribution is -2.47. The molecule has 0 aliphatic carbocycles. The second-order valence-corrected chi connectivity index (χ2v) is 8.74. The van der Waals surface area contributed by atoms with E-state index in [1.54, 1.807) is 6.07 Å². The Morgan fingerprint density at radius 2 is 1.75 bits per heavy atom. The minimum Gasteiger partial charge on any atom is -0.508 e. The summed E-state index contributed by atoms with van der Waals surface area (Å²) in [4.78, 5) is 24.8. The monoisotopic (exact) mass is 462 g/mol. The molecule has 10 nitrogen and oxygen atoms in total. The molecular formula is C21H22N2O8S. The third-order valence-corrected chi connectivity index (χ3v) is 6.48. The lowest BCUT2D eigenvalue weighted by molar-refractivity contribution is -0.136. The summed E-state index contributed by atoms with van der Waals surface area (Å²) in [6.07, 6.45) is 0. The molecule has 0 fully saturated rings. The van der Waals surface area contributed by atoms with Gasteiger partial charge in [0, 0.05) is 11.8 Å². The molecule has 0 spiro atoms. The summed E-state index contributed by atoms with van der Waals surface area (Å²) in [6, 6.07) is 8.38. The molecular weight excluding hydrogens is 440 g/mol. The van der Waals surface area contributed by atoms with Crippen LogP contribution < -0.4 is 20.1 Å². The quantitative estimate of drug-likeness (QED) is 0.528. The van der Waals surface area contributed by atoms with E-state index in [-0.39, 0.29) is 27.7 Å². The predicted molar refractivity (Wildman–Crippen MR) is 113 cm³/mol. The molecule has 0 radical (unpaired) electrons. The molecule has 0 saturated carbocycles. The van der Waals surface area contributed by atoms with Gasteiger partial charge in [-0.2, -0.15) is 0 Å². The maximum absolute atomic E-state index is 13.3. The van der Waals surface area contributed by atoms with Crippen molar-refractivity contribution < 1.29 is 37.3 Å². The third-order valence-electron chi connectivity index (χ3n) is 4.83. The highest BCUT2D eigenvalue weighted by Crippen LogP contribution is 2.33. The number of phenolic OH excluding ortho intramolecular Hbond substituents is 1. The summed E-state index contributed by atoms with van der Waals surface area (Å²) in [5.41, 5.74) is 0.235. The zero-order valence-electron chi connectivity index (χ0n) is 17.5. The number of carbonyl (C=O) groups excluding carboxylic acids is 2. The van der Waals surface area contributed by atoms with Crippen LogP contribution in [0, 0.1) is 0 Å². The number of nitrogens with one attached hydrogen (secondary N) is 2. The van der Waals surface area contributed by atoms with Crippen LogP contribution >= 0.6 is 0 Å². The van der Waals surface area contributed by atoms with Gasteiger partial charge >= 0.3 is 12.0 Å². The number of amides is 2. The fraction of sp³-hybridized carbons (Fsp3) is 0.238. The summed E-state index contributed by atoms with van der Waals surface area (Å²) in [5.74, 6) is -1.16. The molecule has 3 rings (SSSR count). The third kappa shape index (κ3) is 4.62. The first kappa shape index (κ1) is 22.9. The smallest absolute Gasteiger partial charge is 0.338 e. The molecule has 1 aliphatic rings. The fourth-order valence-corrected chi connectivity index (χ4v) is 4.81.